The summed E-state index contributed by atoms with van der Waals surface area (Å²) in [7, 11) is 0. The molecule has 0 fully saturated rings. The minimum atomic E-state index is 0.711. The first-order valence-corrected chi connectivity index (χ1v) is 19.3. The van der Waals surface area contributed by atoms with Crippen LogP contribution in [-0.4, -0.2) is 23.9 Å². The van der Waals surface area contributed by atoms with Crippen molar-refractivity contribution in [1.82, 2.24) is 23.9 Å². The third kappa shape index (κ3) is 4.82. The van der Waals surface area contributed by atoms with Gasteiger partial charge in [0.15, 0.2) is 5.82 Å². The topological polar surface area (TPSA) is 40.6 Å². The molecule has 4 heterocycles. The van der Waals surface area contributed by atoms with E-state index in [-0.39, 0.29) is 0 Å². The van der Waals surface area contributed by atoms with E-state index in [9.17, 15) is 0 Å². The summed E-state index contributed by atoms with van der Waals surface area (Å²) >= 11 is 0. The van der Waals surface area contributed by atoms with E-state index in [0.717, 1.165) is 33.8 Å². The van der Waals surface area contributed by atoms with E-state index in [1.807, 2.05) is 24.3 Å². The number of fused-ring (bicyclic) bond motifs is 9. The molecular formula is C52H33N5. The molecule has 0 saturated carbocycles. The Morgan fingerprint density at radius 1 is 0.281 bits per heavy atom. The zero-order chi connectivity index (χ0) is 37.5. The molecule has 0 aliphatic heterocycles. The first-order chi connectivity index (χ1) is 28.3. The molecule has 0 bridgehead atoms. The number of rotatable bonds is 5. The molecule has 12 aromatic rings. The van der Waals surface area contributed by atoms with Gasteiger partial charge in [0.05, 0.1) is 44.5 Å². The highest BCUT2D eigenvalue weighted by atomic mass is 15.5. The van der Waals surface area contributed by atoms with E-state index >= 15 is 0 Å². The first-order valence-electron chi connectivity index (χ1n) is 19.3. The van der Waals surface area contributed by atoms with Crippen LogP contribution in [0.25, 0.3) is 105 Å². The summed E-state index contributed by atoms with van der Waals surface area (Å²) in [5.74, 6) is 0.711. The molecule has 4 aromatic heterocycles. The molecule has 0 aliphatic carbocycles. The normalized spacial score (nSPS) is 11.9. The van der Waals surface area contributed by atoms with Crippen molar-refractivity contribution in [1.29, 1.82) is 0 Å². The van der Waals surface area contributed by atoms with Gasteiger partial charge in [-0.3, -0.25) is 0 Å². The molecule has 8 aromatic carbocycles. The number of nitrogens with zero attached hydrogens (tertiary/aromatic N) is 5. The van der Waals surface area contributed by atoms with Crippen molar-refractivity contribution in [3.05, 3.63) is 200 Å². The number of benzene rings is 8. The van der Waals surface area contributed by atoms with Crippen LogP contribution in [0.15, 0.2) is 200 Å². The van der Waals surface area contributed by atoms with Crippen LogP contribution in [0.5, 0.6) is 0 Å². The Morgan fingerprint density at radius 2 is 0.684 bits per heavy atom. The van der Waals surface area contributed by atoms with Gasteiger partial charge < -0.3 is 4.57 Å². The second-order valence-electron chi connectivity index (χ2n) is 14.7. The van der Waals surface area contributed by atoms with Gasteiger partial charge in [-0.05, 0) is 54.6 Å². The molecule has 5 heteroatoms. The van der Waals surface area contributed by atoms with Crippen molar-refractivity contribution in [2.75, 3.05) is 0 Å². The van der Waals surface area contributed by atoms with Gasteiger partial charge in [0.1, 0.15) is 0 Å². The lowest BCUT2D eigenvalue weighted by molar-refractivity contribution is 0.775. The van der Waals surface area contributed by atoms with E-state index in [0.29, 0.717) is 5.82 Å². The summed E-state index contributed by atoms with van der Waals surface area (Å²) in [6, 6.07) is 71.3. The van der Waals surface area contributed by atoms with E-state index in [4.69, 9.17) is 9.97 Å². The lowest BCUT2D eigenvalue weighted by Crippen LogP contribution is -2.08. The third-order valence-corrected chi connectivity index (χ3v) is 11.4. The Kier molecular flexibility index (Phi) is 6.86. The van der Waals surface area contributed by atoms with E-state index in [1.165, 1.54) is 65.4 Å². The van der Waals surface area contributed by atoms with Gasteiger partial charge in [-0.1, -0.05) is 146 Å². The second kappa shape index (κ2) is 12.4. The third-order valence-electron chi connectivity index (χ3n) is 11.4. The van der Waals surface area contributed by atoms with Crippen LogP contribution in [0.4, 0.5) is 0 Å². The molecule has 0 spiro atoms. The monoisotopic (exact) mass is 727 g/mol. The SMILES string of the molecule is c1ccc(-c2cc(-c3ccc(-n4c5ccccc5c5cc6c(cc54)c4ccccc4n6-n4c5ccccc5c5ccccc54)cc3)nc(-c3ccccc3)n2)cc1. The molecule has 0 N–H and O–H groups in total. The van der Waals surface area contributed by atoms with Crippen molar-refractivity contribution in [3.8, 4) is 39.6 Å². The Morgan fingerprint density at radius 3 is 1.26 bits per heavy atom. The lowest BCUT2D eigenvalue weighted by Gasteiger charge is -2.13. The zero-order valence-electron chi connectivity index (χ0n) is 30.8. The minimum absolute atomic E-state index is 0.711. The highest BCUT2D eigenvalue weighted by molar-refractivity contribution is 6.19. The van der Waals surface area contributed by atoms with Crippen LogP contribution in [0.3, 0.4) is 0 Å². The van der Waals surface area contributed by atoms with Crippen molar-refractivity contribution >= 4 is 65.4 Å². The summed E-state index contributed by atoms with van der Waals surface area (Å²) in [5.41, 5.74) is 13.0. The van der Waals surface area contributed by atoms with Crippen LogP contribution in [0.2, 0.25) is 0 Å². The predicted octanol–water partition coefficient (Wildman–Crippen LogP) is 13.1. The molecular weight excluding hydrogens is 695 g/mol. The van der Waals surface area contributed by atoms with Crippen LogP contribution >= 0.6 is 0 Å². The molecule has 0 radical (unpaired) electrons. The summed E-state index contributed by atoms with van der Waals surface area (Å²) in [5, 5.41) is 7.35. The smallest absolute Gasteiger partial charge is 0.160 e. The maximum atomic E-state index is 5.09. The maximum absolute atomic E-state index is 5.09. The van der Waals surface area contributed by atoms with E-state index in [2.05, 4.69) is 190 Å². The second-order valence-corrected chi connectivity index (χ2v) is 14.7. The molecule has 0 amide bonds. The zero-order valence-corrected chi connectivity index (χ0v) is 30.8. The van der Waals surface area contributed by atoms with Crippen LogP contribution in [0.1, 0.15) is 0 Å². The van der Waals surface area contributed by atoms with Gasteiger partial charge in [-0.25, -0.2) is 19.3 Å². The highest BCUT2D eigenvalue weighted by Gasteiger charge is 2.21. The Bertz CT molecular complexity index is 3390. The average molecular weight is 728 g/mol. The summed E-state index contributed by atoms with van der Waals surface area (Å²) < 4.78 is 7.23. The standard InChI is InChI=1S/C52H33N5/c1-3-15-34(16-4-1)44-33-45(54-52(53-44)36-17-5-2-6-18-36)35-27-29-37(30-28-35)55-46-23-11-7-21-40(46)42-32-51-43(31-50(42)55)41-22-10-14-26-49(41)57(51)56-47-24-12-8-19-38(47)39-20-9-13-25-48(39)56/h1-33H. The van der Waals surface area contributed by atoms with Gasteiger partial charge in [-0.15, -0.1) is 0 Å². The van der Waals surface area contributed by atoms with Crippen LogP contribution in [-0.2, 0) is 0 Å². The fourth-order valence-electron chi connectivity index (χ4n) is 8.87. The van der Waals surface area contributed by atoms with Gasteiger partial charge in [0.25, 0.3) is 0 Å². The Labute approximate surface area is 327 Å². The van der Waals surface area contributed by atoms with Crippen molar-refractivity contribution in [3.63, 3.8) is 0 Å². The summed E-state index contributed by atoms with van der Waals surface area (Å²) in [4.78, 5) is 10.1. The minimum Gasteiger partial charge on any atom is -0.309 e. The molecule has 0 atom stereocenters. The fourth-order valence-corrected chi connectivity index (χ4v) is 8.87. The maximum Gasteiger partial charge on any atom is 0.160 e. The lowest BCUT2D eigenvalue weighted by atomic mass is 10.1. The molecule has 0 saturated heterocycles. The fraction of sp³-hybridized carbons (Fsp3) is 0. The first kappa shape index (κ1) is 31.6. The molecule has 12 rings (SSSR count). The van der Waals surface area contributed by atoms with Gasteiger partial charge in [0, 0.05) is 54.7 Å². The van der Waals surface area contributed by atoms with Gasteiger partial charge in [0.2, 0.25) is 0 Å². The summed E-state index contributed by atoms with van der Waals surface area (Å²) in [6.45, 7) is 0. The van der Waals surface area contributed by atoms with Crippen LogP contribution in [0, 0.1) is 0 Å². The van der Waals surface area contributed by atoms with E-state index < -0.39 is 0 Å². The van der Waals surface area contributed by atoms with E-state index in [1.54, 1.807) is 0 Å². The quantitative estimate of drug-likeness (QED) is 0.177. The highest BCUT2D eigenvalue weighted by Crippen LogP contribution is 2.40. The van der Waals surface area contributed by atoms with Crippen molar-refractivity contribution in [2.24, 2.45) is 0 Å². The predicted molar refractivity (Wildman–Crippen MR) is 236 cm³/mol. The number of hydrogen-bond acceptors (Lipinski definition) is 2. The van der Waals surface area contributed by atoms with Gasteiger partial charge >= 0.3 is 0 Å². The van der Waals surface area contributed by atoms with Crippen molar-refractivity contribution < 1.29 is 0 Å². The molecule has 57 heavy (non-hydrogen) atoms. The number of hydrogen-bond donors (Lipinski definition) is 0. The number of para-hydroxylation sites is 4. The van der Waals surface area contributed by atoms with Gasteiger partial charge in [-0.2, -0.15) is 0 Å². The average Bonchev–Trinajstić information content (AvgIpc) is 3.91. The van der Waals surface area contributed by atoms with Crippen LogP contribution < -0.4 is 0 Å². The summed E-state index contributed by atoms with van der Waals surface area (Å²) in [6.07, 6.45) is 0. The molecule has 0 aliphatic rings. The largest absolute Gasteiger partial charge is 0.309 e. The molecule has 0 unspecified atom stereocenters. The molecule has 5 nitrogen and oxygen atoms in total. The molecule has 266 valence electrons. The van der Waals surface area contributed by atoms with Crippen molar-refractivity contribution in [2.45, 2.75) is 0 Å². The Balaban J connectivity index is 1.07. The Hall–Kier alpha value is -7.76. The number of aromatic nitrogens is 5.